The lowest BCUT2D eigenvalue weighted by atomic mass is 9.87. The lowest BCUT2D eigenvalue weighted by molar-refractivity contribution is -0.145. The second-order valence-electron chi connectivity index (χ2n) is 4.78. The normalized spacial score (nSPS) is 31.6. The first-order valence-electron chi connectivity index (χ1n) is 5.95. The van der Waals surface area contributed by atoms with Crippen molar-refractivity contribution >= 4 is 11.8 Å². The van der Waals surface area contributed by atoms with Crippen molar-refractivity contribution in [1.29, 1.82) is 0 Å². The molecule has 1 saturated heterocycles. The second kappa shape index (κ2) is 4.41. The van der Waals surface area contributed by atoms with E-state index in [1.165, 1.54) is 0 Å². The fraction of sp³-hybridized carbons (Fsp3) is 0.818. The van der Waals surface area contributed by atoms with Gasteiger partial charge in [0.15, 0.2) is 0 Å². The van der Waals surface area contributed by atoms with Crippen molar-refractivity contribution in [2.45, 2.75) is 50.7 Å². The van der Waals surface area contributed by atoms with E-state index in [9.17, 15) is 9.59 Å². The summed E-state index contributed by atoms with van der Waals surface area (Å²) in [6, 6.07) is -0.226. The molecule has 0 bridgehead atoms. The fourth-order valence-corrected chi connectivity index (χ4v) is 2.68. The molecular formula is C11H19N3O2. The summed E-state index contributed by atoms with van der Waals surface area (Å²) in [5, 5.41) is 2.97. The van der Waals surface area contributed by atoms with Crippen molar-refractivity contribution in [3.8, 4) is 0 Å². The van der Waals surface area contributed by atoms with Crippen LogP contribution < -0.4 is 11.1 Å². The van der Waals surface area contributed by atoms with Gasteiger partial charge in [0.25, 0.3) is 0 Å². The lowest BCUT2D eigenvalue weighted by Gasteiger charge is -2.44. The van der Waals surface area contributed by atoms with Crippen LogP contribution in [-0.4, -0.2) is 41.4 Å². The van der Waals surface area contributed by atoms with Gasteiger partial charge in [0, 0.05) is 6.04 Å². The summed E-state index contributed by atoms with van der Waals surface area (Å²) in [5.41, 5.74) is 5.61. The van der Waals surface area contributed by atoms with Crippen molar-refractivity contribution in [2.24, 2.45) is 5.73 Å². The largest absolute Gasteiger partial charge is 0.350 e. The minimum atomic E-state index is -0.520. The Morgan fingerprint density at radius 1 is 1.50 bits per heavy atom. The highest BCUT2D eigenvalue weighted by atomic mass is 16.2. The Morgan fingerprint density at radius 2 is 2.19 bits per heavy atom. The highest BCUT2D eigenvalue weighted by molar-refractivity contribution is 5.88. The molecule has 2 rings (SSSR count). The number of hydrogen-bond donors (Lipinski definition) is 2. The molecule has 0 aromatic heterocycles. The Bertz CT molecular complexity index is 304. The molecule has 3 atom stereocenters. The number of fused-ring (bicyclic) bond motifs is 1. The van der Waals surface area contributed by atoms with Gasteiger partial charge < -0.3 is 16.0 Å². The minimum absolute atomic E-state index is 0.0582. The molecule has 5 nitrogen and oxygen atoms in total. The number of amides is 2. The van der Waals surface area contributed by atoms with Gasteiger partial charge in [-0.15, -0.1) is 0 Å². The topological polar surface area (TPSA) is 75.4 Å². The van der Waals surface area contributed by atoms with E-state index in [0.29, 0.717) is 0 Å². The number of hydrogen-bond acceptors (Lipinski definition) is 3. The average Bonchev–Trinajstić information content (AvgIpc) is 2.26. The molecule has 90 valence electrons. The molecule has 16 heavy (non-hydrogen) atoms. The van der Waals surface area contributed by atoms with E-state index in [2.05, 4.69) is 5.32 Å². The molecule has 0 aromatic carbocycles. The minimum Gasteiger partial charge on any atom is -0.350 e. The third-order valence-electron chi connectivity index (χ3n) is 3.46. The molecule has 2 fully saturated rings. The van der Waals surface area contributed by atoms with E-state index < -0.39 is 6.04 Å². The monoisotopic (exact) mass is 225 g/mol. The average molecular weight is 225 g/mol. The van der Waals surface area contributed by atoms with Crippen LogP contribution in [0.3, 0.4) is 0 Å². The molecule has 2 aliphatic rings. The van der Waals surface area contributed by atoms with Crippen LogP contribution >= 0.6 is 0 Å². The highest BCUT2D eigenvalue weighted by Crippen LogP contribution is 2.26. The molecule has 1 aliphatic carbocycles. The van der Waals surface area contributed by atoms with Crippen LogP contribution in [0.2, 0.25) is 0 Å². The van der Waals surface area contributed by atoms with E-state index in [-0.39, 0.29) is 30.4 Å². The van der Waals surface area contributed by atoms with Gasteiger partial charge in [0.1, 0.15) is 0 Å². The van der Waals surface area contributed by atoms with E-state index >= 15 is 0 Å². The Hall–Kier alpha value is -1.10. The Kier molecular flexibility index (Phi) is 3.14. The smallest absolute Gasteiger partial charge is 0.239 e. The number of carbonyl (C=O) groups is 2. The van der Waals surface area contributed by atoms with E-state index in [1.807, 2.05) is 0 Å². The van der Waals surface area contributed by atoms with Crippen molar-refractivity contribution in [1.82, 2.24) is 10.2 Å². The van der Waals surface area contributed by atoms with Gasteiger partial charge in [-0.3, -0.25) is 9.59 Å². The van der Waals surface area contributed by atoms with Crippen LogP contribution in [0.1, 0.15) is 32.6 Å². The summed E-state index contributed by atoms with van der Waals surface area (Å²) < 4.78 is 0. The Balaban J connectivity index is 2.15. The van der Waals surface area contributed by atoms with Gasteiger partial charge in [0.2, 0.25) is 11.8 Å². The summed E-state index contributed by atoms with van der Waals surface area (Å²) in [6.07, 6.45) is 4.20. The number of nitrogens with one attached hydrogen (secondary N) is 1. The van der Waals surface area contributed by atoms with Gasteiger partial charge >= 0.3 is 0 Å². The van der Waals surface area contributed by atoms with E-state index in [4.69, 9.17) is 5.73 Å². The van der Waals surface area contributed by atoms with Gasteiger partial charge in [-0.25, -0.2) is 0 Å². The van der Waals surface area contributed by atoms with Gasteiger partial charge in [-0.1, -0.05) is 12.8 Å². The van der Waals surface area contributed by atoms with Crippen LogP contribution in [0, 0.1) is 0 Å². The maximum absolute atomic E-state index is 11.9. The predicted molar refractivity (Wildman–Crippen MR) is 59.5 cm³/mol. The number of nitrogens with zero attached hydrogens (tertiary/aromatic N) is 1. The van der Waals surface area contributed by atoms with Gasteiger partial charge in [-0.05, 0) is 19.8 Å². The van der Waals surface area contributed by atoms with E-state index in [0.717, 1.165) is 25.7 Å². The summed E-state index contributed by atoms with van der Waals surface area (Å²) in [6.45, 7) is 1.84. The van der Waals surface area contributed by atoms with Crippen LogP contribution in [0.4, 0.5) is 0 Å². The number of piperazine rings is 1. The summed E-state index contributed by atoms with van der Waals surface area (Å²) in [4.78, 5) is 25.1. The molecule has 1 saturated carbocycles. The lowest BCUT2D eigenvalue weighted by Crippen LogP contribution is -2.64. The molecule has 0 radical (unpaired) electrons. The molecule has 3 N–H and O–H groups in total. The fourth-order valence-electron chi connectivity index (χ4n) is 2.68. The third-order valence-corrected chi connectivity index (χ3v) is 3.46. The van der Waals surface area contributed by atoms with Crippen molar-refractivity contribution in [2.75, 3.05) is 6.54 Å². The maximum Gasteiger partial charge on any atom is 0.239 e. The SMILES string of the molecule is C[C@H](N)C(=O)N1CC(=O)NC2CCCCC21. The van der Waals surface area contributed by atoms with Crippen molar-refractivity contribution in [3.63, 3.8) is 0 Å². The highest BCUT2D eigenvalue weighted by Gasteiger charge is 2.39. The van der Waals surface area contributed by atoms with Gasteiger partial charge in [0.05, 0.1) is 18.6 Å². The number of nitrogens with two attached hydrogens (primary N) is 1. The summed E-state index contributed by atoms with van der Waals surface area (Å²) >= 11 is 0. The van der Waals surface area contributed by atoms with Gasteiger partial charge in [-0.2, -0.15) is 0 Å². The molecule has 2 amide bonds. The van der Waals surface area contributed by atoms with Crippen molar-refractivity contribution in [3.05, 3.63) is 0 Å². The zero-order chi connectivity index (χ0) is 11.7. The Labute approximate surface area is 95.3 Å². The molecular weight excluding hydrogens is 206 g/mol. The molecule has 1 heterocycles. The zero-order valence-electron chi connectivity index (χ0n) is 9.61. The first-order valence-corrected chi connectivity index (χ1v) is 5.95. The first-order chi connectivity index (χ1) is 7.59. The molecule has 0 aromatic rings. The second-order valence-corrected chi connectivity index (χ2v) is 4.78. The number of rotatable bonds is 1. The zero-order valence-corrected chi connectivity index (χ0v) is 9.61. The van der Waals surface area contributed by atoms with E-state index in [1.54, 1.807) is 11.8 Å². The number of carbonyl (C=O) groups excluding carboxylic acids is 2. The standard InChI is InChI=1S/C11H19N3O2/c1-7(12)11(16)14-6-10(15)13-8-4-2-3-5-9(8)14/h7-9H,2-6,12H2,1H3,(H,13,15)/t7-,8?,9?/m0/s1. The predicted octanol–water partition coefficient (Wildman–Crippen LogP) is -0.397. The van der Waals surface area contributed by atoms with Crippen LogP contribution in [-0.2, 0) is 9.59 Å². The molecule has 2 unspecified atom stereocenters. The van der Waals surface area contributed by atoms with Crippen molar-refractivity contribution < 1.29 is 9.59 Å². The Morgan fingerprint density at radius 3 is 2.88 bits per heavy atom. The van der Waals surface area contributed by atoms with Crippen LogP contribution in [0.25, 0.3) is 0 Å². The van der Waals surface area contributed by atoms with Crippen LogP contribution in [0.15, 0.2) is 0 Å². The van der Waals surface area contributed by atoms with Crippen LogP contribution in [0.5, 0.6) is 0 Å². The quantitative estimate of drug-likeness (QED) is 0.638. The summed E-state index contributed by atoms with van der Waals surface area (Å²) in [5.74, 6) is -0.163. The summed E-state index contributed by atoms with van der Waals surface area (Å²) in [7, 11) is 0. The maximum atomic E-state index is 11.9. The molecule has 5 heteroatoms. The molecule has 0 spiro atoms. The third kappa shape index (κ3) is 2.04. The molecule has 1 aliphatic heterocycles. The first kappa shape index (κ1) is 11.4.